The Morgan fingerprint density at radius 1 is 1.04 bits per heavy atom. The van der Waals surface area contributed by atoms with Gasteiger partial charge in [0.2, 0.25) is 0 Å². The summed E-state index contributed by atoms with van der Waals surface area (Å²) in [4.78, 5) is 17.6. The summed E-state index contributed by atoms with van der Waals surface area (Å²) in [6.45, 7) is 8.14. The van der Waals surface area contributed by atoms with E-state index in [4.69, 9.17) is 0 Å². The second kappa shape index (κ2) is 7.24. The zero-order valence-corrected chi connectivity index (χ0v) is 15.5. The zero-order valence-electron chi connectivity index (χ0n) is 15.5. The minimum Gasteiger partial charge on any atom is -0.349 e. The van der Waals surface area contributed by atoms with Crippen molar-refractivity contribution in [3.63, 3.8) is 0 Å². The fourth-order valence-corrected chi connectivity index (χ4v) is 2.75. The number of hydrogen-bond acceptors (Lipinski definition) is 2. The molecule has 134 valence electrons. The van der Waals surface area contributed by atoms with Crippen LogP contribution in [0.1, 0.15) is 36.7 Å². The van der Waals surface area contributed by atoms with E-state index in [9.17, 15) is 9.18 Å². The molecule has 0 saturated heterocycles. The van der Waals surface area contributed by atoms with Gasteiger partial charge in [-0.25, -0.2) is 9.37 Å². The van der Waals surface area contributed by atoms with Gasteiger partial charge in [0.25, 0.3) is 5.91 Å². The van der Waals surface area contributed by atoms with Gasteiger partial charge in [-0.3, -0.25) is 4.79 Å². The summed E-state index contributed by atoms with van der Waals surface area (Å²) in [6.07, 6.45) is 0. The molecule has 0 radical (unpaired) electrons. The molecule has 1 atom stereocenters. The van der Waals surface area contributed by atoms with Crippen LogP contribution in [0.3, 0.4) is 0 Å². The predicted molar refractivity (Wildman–Crippen MR) is 104 cm³/mol. The highest BCUT2D eigenvalue weighted by atomic mass is 19.1. The summed E-state index contributed by atoms with van der Waals surface area (Å²) in [6, 6.07) is 13.9. The highest BCUT2D eigenvalue weighted by Crippen LogP contribution is 2.26. The molecular formula is C22H23FN2O. The third-order valence-corrected chi connectivity index (χ3v) is 4.71. The minimum atomic E-state index is -0.297. The van der Waals surface area contributed by atoms with Crippen molar-refractivity contribution in [3.8, 4) is 11.3 Å². The van der Waals surface area contributed by atoms with Crippen LogP contribution in [0.5, 0.6) is 0 Å². The molecule has 26 heavy (non-hydrogen) atoms. The van der Waals surface area contributed by atoms with Gasteiger partial charge >= 0.3 is 0 Å². The molecule has 0 saturated carbocycles. The SMILES string of the molecule is Cc1ccc2nc(-c3ccc(F)cc3)cc(C(=O)NC(C)C(C)C)c2c1. The number of carbonyl (C=O) groups is 1. The summed E-state index contributed by atoms with van der Waals surface area (Å²) >= 11 is 0. The Morgan fingerprint density at radius 2 is 1.73 bits per heavy atom. The van der Waals surface area contributed by atoms with Crippen LogP contribution in [0.15, 0.2) is 48.5 Å². The molecule has 1 aromatic heterocycles. The van der Waals surface area contributed by atoms with Crippen molar-refractivity contribution in [3.05, 3.63) is 65.5 Å². The third kappa shape index (κ3) is 3.74. The molecule has 1 unspecified atom stereocenters. The highest BCUT2D eigenvalue weighted by molar-refractivity contribution is 6.07. The number of amides is 1. The Balaban J connectivity index is 2.13. The Hall–Kier alpha value is -2.75. The number of aromatic nitrogens is 1. The van der Waals surface area contributed by atoms with Gasteiger partial charge in [0.05, 0.1) is 16.8 Å². The summed E-state index contributed by atoms with van der Waals surface area (Å²) < 4.78 is 13.2. The molecule has 0 bridgehead atoms. The highest BCUT2D eigenvalue weighted by Gasteiger charge is 2.17. The second-order valence-corrected chi connectivity index (χ2v) is 7.09. The van der Waals surface area contributed by atoms with E-state index in [-0.39, 0.29) is 17.8 Å². The summed E-state index contributed by atoms with van der Waals surface area (Å²) in [5.41, 5.74) is 3.84. The first kappa shape index (κ1) is 18.1. The van der Waals surface area contributed by atoms with Crippen LogP contribution in [-0.4, -0.2) is 16.9 Å². The van der Waals surface area contributed by atoms with Crippen molar-refractivity contribution in [1.29, 1.82) is 0 Å². The Bertz CT molecular complexity index is 948. The number of halogens is 1. The van der Waals surface area contributed by atoms with Crippen LogP contribution in [0.4, 0.5) is 4.39 Å². The van der Waals surface area contributed by atoms with Crippen molar-refractivity contribution in [2.75, 3.05) is 0 Å². The van der Waals surface area contributed by atoms with Crippen LogP contribution >= 0.6 is 0 Å². The van der Waals surface area contributed by atoms with E-state index in [0.29, 0.717) is 17.2 Å². The number of pyridine rings is 1. The molecule has 0 aliphatic rings. The van der Waals surface area contributed by atoms with Crippen molar-refractivity contribution >= 4 is 16.8 Å². The molecule has 1 amide bonds. The predicted octanol–water partition coefficient (Wildman–Crippen LogP) is 5.12. The van der Waals surface area contributed by atoms with Gasteiger partial charge in [-0.15, -0.1) is 0 Å². The fourth-order valence-electron chi connectivity index (χ4n) is 2.75. The number of nitrogens with zero attached hydrogens (tertiary/aromatic N) is 1. The number of rotatable bonds is 4. The normalized spacial score (nSPS) is 12.4. The first-order chi connectivity index (χ1) is 12.3. The lowest BCUT2D eigenvalue weighted by Gasteiger charge is -2.18. The number of nitrogens with one attached hydrogen (secondary N) is 1. The molecule has 0 aliphatic carbocycles. The van der Waals surface area contributed by atoms with Gasteiger partial charge in [-0.05, 0) is 62.2 Å². The van der Waals surface area contributed by atoms with Crippen LogP contribution in [0.25, 0.3) is 22.2 Å². The Labute approximate surface area is 153 Å². The van der Waals surface area contributed by atoms with E-state index in [2.05, 4.69) is 24.1 Å². The lowest BCUT2D eigenvalue weighted by atomic mass is 10.0. The smallest absolute Gasteiger partial charge is 0.252 e. The molecule has 1 N–H and O–H groups in total. The second-order valence-electron chi connectivity index (χ2n) is 7.09. The monoisotopic (exact) mass is 350 g/mol. The molecule has 3 aromatic rings. The Kier molecular flexibility index (Phi) is 5.03. The average Bonchev–Trinajstić information content (AvgIpc) is 2.61. The lowest BCUT2D eigenvalue weighted by Crippen LogP contribution is -2.36. The molecule has 3 rings (SSSR count). The maximum absolute atomic E-state index is 13.2. The average molecular weight is 350 g/mol. The van der Waals surface area contributed by atoms with Crippen molar-refractivity contribution in [2.24, 2.45) is 5.92 Å². The maximum atomic E-state index is 13.2. The summed E-state index contributed by atoms with van der Waals surface area (Å²) in [5, 5.41) is 3.89. The number of carbonyl (C=O) groups excluding carboxylic acids is 1. The number of fused-ring (bicyclic) bond motifs is 1. The molecule has 0 spiro atoms. The van der Waals surface area contributed by atoms with E-state index in [1.165, 1.54) is 12.1 Å². The zero-order chi connectivity index (χ0) is 18.8. The number of hydrogen-bond donors (Lipinski definition) is 1. The maximum Gasteiger partial charge on any atom is 0.252 e. The lowest BCUT2D eigenvalue weighted by molar-refractivity contribution is 0.0932. The van der Waals surface area contributed by atoms with Crippen molar-refractivity contribution in [1.82, 2.24) is 10.3 Å². The molecule has 4 heteroatoms. The van der Waals surface area contributed by atoms with E-state index in [0.717, 1.165) is 22.0 Å². The van der Waals surface area contributed by atoms with Crippen molar-refractivity contribution in [2.45, 2.75) is 33.7 Å². The molecule has 3 nitrogen and oxygen atoms in total. The topological polar surface area (TPSA) is 42.0 Å². The Morgan fingerprint density at radius 3 is 2.38 bits per heavy atom. The largest absolute Gasteiger partial charge is 0.349 e. The minimum absolute atomic E-state index is 0.0600. The summed E-state index contributed by atoms with van der Waals surface area (Å²) in [7, 11) is 0. The quantitative estimate of drug-likeness (QED) is 0.709. The van der Waals surface area contributed by atoms with Crippen LogP contribution in [0, 0.1) is 18.7 Å². The van der Waals surface area contributed by atoms with Gasteiger partial charge < -0.3 is 5.32 Å². The van der Waals surface area contributed by atoms with E-state index in [1.54, 1.807) is 18.2 Å². The first-order valence-electron chi connectivity index (χ1n) is 8.83. The number of aryl methyl sites for hydroxylation is 1. The van der Waals surface area contributed by atoms with Gasteiger partial charge in [-0.1, -0.05) is 25.5 Å². The molecule has 0 fully saturated rings. The van der Waals surface area contributed by atoms with Gasteiger partial charge in [-0.2, -0.15) is 0 Å². The van der Waals surface area contributed by atoms with Gasteiger partial charge in [0.15, 0.2) is 0 Å². The van der Waals surface area contributed by atoms with Crippen LogP contribution in [-0.2, 0) is 0 Å². The van der Waals surface area contributed by atoms with E-state index >= 15 is 0 Å². The van der Waals surface area contributed by atoms with Gasteiger partial charge in [0.1, 0.15) is 5.82 Å². The molecule has 0 aliphatic heterocycles. The van der Waals surface area contributed by atoms with Gasteiger partial charge in [0, 0.05) is 17.0 Å². The first-order valence-corrected chi connectivity index (χ1v) is 8.83. The van der Waals surface area contributed by atoms with E-state index < -0.39 is 0 Å². The van der Waals surface area contributed by atoms with Crippen LogP contribution in [0.2, 0.25) is 0 Å². The summed E-state index contributed by atoms with van der Waals surface area (Å²) in [5.74, 6) is -0.0770. The molecule has 2 aromatic carbocycles. The van der Waals surface area contributed by atoms with Crippen molar-refractivity contribution < 1.29 is 9.18 Å². The van der Waals surface area contributed by atoms with E-state index in [1.807, 2.05) is 32.0 Å². The third-order valence-electron chi connectivity index (χ3n) is 4.71. The number of benzene rings is 2. The molecule has 1 heterocycles. The fraction of sp³-hybridized carbons (Fsp3) is 0.273. The molecular weight excluding hydrogens is 327 g/mol. The standard InChI is InChI=1S/C22H23FN2O/c1-13(2)15(4)24-22(26)19-12-21(16-6-8-17(23)9-7-16)25-20-10-5-14(3)11-18(19)20/h5-13,15H,1-4H3,(H,24,26). The van der Waals surface area contributed by atoms with Crippen LogP contribution < -0.4 is 5.32 Å².